The van der Waals surface area contributed by atoms with Gasteiger partial charge >= 0.3 is 0 Å². The fraction of sp³-hybridized carbons (Fsp3) is 0.350. The maximum atomic E-state index is 13.7. The van der Waals surface area contributed by atoms with Crippen molar-refractivity contribution in [2.45, 2.75) is 24.3 Å². The first-order valence-corrected chi connectivity index (χ1v) is 10.5. The van der Waals surface area contributed by atoms with Crippen LogP contribution >= 0.6 is 0 Å². The summed E-state index contributed by atoms with van der Waals surface area (Å²) in [6, 6.07) is 12.4. The number of rotatable bonds is 6. The Morgan fingerprint density at radius 3 is 2.61 bits per heavy atom. The summed E-state index contributed by atoms with van der Waals surface area (Å²) < 4.78 is 45.9. The second-order valence-corrected chi connectivity index (χ2v) is 8.62. The first-order valence-electron chi connectivity index (χ1n) is 9.07. The molecular formula is C20H23FN2O4S. The van der Waals surface area contributed by atoms with E-state index in [1.54, 1.807) is 30.3 Å². The topological polar surface area (TPSA) is 75.7 Å². The molecule has 1 amide bonds. The number of nitrogens with zero attached hydrogens (tertiary/aromatic N) is 1. The molecule has 2 aromatic carbocycles. The van der Waals surface area contributed by atoms with E-state index < -0.39 is 15.9 Å². The highest BCUT2D eigenvalue weighted by atomic mass is 32.2. The van der Waals surface area contributed by atoms with Gasteiger partial charge in [-0.25, -0.2) is 12.8 Å². The fourth-order valence-corrected chi connectivity index (χ4v) is 4.76. The molecule has 1 aliphatic heterocycles. The number of carbonyl (C=O) groups excluding carboxylic acids is 1. The molecule has 3 rings (SSSR count). The Morgan fingerprint density at radius 1 is 1.21 bits per heavy atom. The normalized spacial score (nSPS) is 17.9. The smallest absolute Gasteiger partial charge is 0.243 e. The molecule has 1 fully saturated rings. The molecule has 150 valence electrons. The van der Waals surface area contributed by atoms with Crippen molar-refractivity contribution in [1.82, 2.24) is 9.62 Å². The Bertz CT molecular complexity index is 931. The van der Waals surface area contributed by atoms with Crippen molar-refractivity contribution >= 4 is 15.9 Å². The van der Waals surface area contributed by atoms with E-state index in [1.807, 2.05) is 0 Å². The van der Waals surface area contributed by atoms with Crippen LogP contribution in [-0.2, 0) is 21.4 Å². The molecule has 2 aromatic rings. The molecule has 0 radical (unpaired) electrons. The van der Waals surface area contributed by atoms with Crippen LogP contribution in [0.25, 0.3) is 0 Å². The second-order valence-electron chi connectivity index (χ2n) is 6.69. The van der Waals surface area contributed by atoms with E-state index in [9.17, 15) is 17.6 Å². The molecule has 0 unspecified atom stereocenters. The van der Waals surface area contributed by atoms with E-state index in [2.05, 4.69) is 5.32 Å². The average Bonchev–Trinajstić information content (AvgIpc) is 2.73. The van der Waals surface area contributed by atoms with Gasteiger partial charge in [0, 0.05) is 25.2 Å². The number of piperidine rings is 1. The van der Waals surface area contributed by atoms with E-state index in [0.717, 1.165) is 0 Å². The van der Waals surface area contributed by atoms with Crippen molar-refractivity contribution in [2.24, 2.45) is 5.92 Å². The highest BCUT2D eigenvalue weighted by molar-refractivity contribution is 7.89. The van der Waals surface area contributed by atoms with Crippen LogP contribution in [0.2, 0.25) is 0 Å². The molecular weight excluding hydrogens is 383 g/mol. The summed E-state index contributed by atoms with van der Waals surface area (Å²) in [4.78, 5) is 12.7. The lowest BCUT2D eigenvalue weighted by Gasteiger charge is -2.31. The van der Waals surface area contributed by atoms with Crippen LogP contribution in [0.1, 0.15) is 18.4 Å². The van der Waals surface area contributed by atoms with Crippen LogP contribution in [0.5, 0.6) is 5.75 Å². The fourth-order valence-electron chi connectivity index (χ4n) is 3.24. The summed E-state index contributed by atoms with van der Waals surface area (Å²) in [6.45, 7) is 0.552. The standard InChI is InChI=1S/C20H23FN2O4S/c1-27-17-8-10-18(11-9-17)28(25,26)23-12-4-6-16(14-23)20(24)22-13-15-5-2-3-7-19(15)21/h2-3,5,7-11,16H,4,6,12-14H2,1H3,(H,22,24)/t16-/m1/s1. The SMILES string of the molecule is COc1ccc(S(=O)(=O)N2CCC[C@@H](C(=O)NCc3ccccc3F)C2)cc1. The highest BCUT2D eigenvalue weighted by Gasteiger charge is 2.33. The molecule has 0 bridgehead atoms. The summed E-state index contributed by atoms with van der Waals surface area (Å²) >= 11 is 0. The quantitative estimate of drug-likeness (QED) is 0.800. The van der Waals surface area contributed by atoms with Crippen molar-refractivity contribution in [3.05, 3.63) is 59.9 Å². The van der Waals surface area contributed by atoms with Crippen molar-refractivity contribution in [2.75, 3.05) is 20.2 Å². The van der Waals surface area contributed by atoms with E-state index >= 15 is 0 Å². The monoisotopic (exact) mass is 406 g/mol. The molecule has 0 aliphatic carbocycles. The van der Waals surface area contributed by atoms with Gasteiger partial charge in [0.2, 0.25) is 15.9 Å². The Hall–Kier alpha value is -2.45. The van der Waals surface area contributed by atoms with Crippen molar-refractivity contribution in [1.29, 1.82) is 0 Å². The Morgan fingerprint density at radius 2 is 1.93 bits per heavy atom. The van der Waals surface area contributed by atoms with Gasteiger partial charge < -0.3 is 10.1 Å². The van der Waals surface area contributed by atoms with E-state index in [-0.39, 0.29) is 29.7 Å². The zero-order valence-corrected chi connectivity index (χ0v) is 16.4. The summed E-state index contributed by atoms with van der Waals surface area (Å²) in [5.74, 6) is -0.537. The van der Waals surface area contributed by atoms with Gasteiger partial charge in [0.1, 0.15) is 11.6 Å². The summed E-state index contributed by atoms with van der Waals surface area (Å²) in [5.41, 5.74) is 0.398. The average molecular weight is 406 g/mol. The van der Waals surface area contributed by atoms with Crippen LogP contribution in [0, 0.1) is 11.7 Å². The zero-order chi connectivity index (χ0) is 20.1. The van der Waals surface area contributed by atoms with E-state index in [1.165, 1.54) is 29.6 Å². The number of sulfonamides is 1. The maximum Gasteiger partial charge on any atom is 0.243 e. The van der Waals surface area contributed by atoms with Crippen molar-refractivity contribution in [3.8, 4) is 5.75 Å². The zero-order valence-electron chi connectivity index (χ0n) is 15.6. The maximum absolute atomic E-state index is 13.7. The molecule has 0 aromatic heterocycles. The molecule has 0 saturated carbocycles. The third kappa shape index (κ3) is 4.51. The second kappa shape index (κ2) is 8.70. The Balaban J connectivity index is 1.65. The third-order valence-corrected chi connectivity index (χ3v) is 6.74. The predicted octanol–water partition coefficient (Wildman–Crippen LogP) is 2.55. The number of nitrogens with one attached hydrogen (secondary N) is 1. The van der Waals surface area contributed by atoms with Gasteiger partial charge in [0.25, 0.3) is 0 Å². The summed E-state index contributed by atoms with van der Waals surface area (Å²) in [7, 11) is -2.18. The van der Waals surface area contributed by atoms with Gasteiger partial charge in [-0.1, -0.05) is 18.2 Å². The minimum atomic E-state index is -3.69. The van der Waals surface area contributed by atoms with Gasteiger partial charge in [-0.3, -0.25) is 4.79 Å². The molecule has 1 atom stereocenters. The van der Waals surface area contributed by atoms with Crippen LogP contribution < -0.4 is 10.1 Å². The first kappa shape index (κ1) is 20.3. The number of methoxy groups -OCH3 is 1. The summed E-state index contributed by atoms with van der Waals surface area (Å²) in [5, 5.41) is 2.72. The summed E-state index contributed by atoms with van der Waals surface area (Å²) in [6.07, 6.45) is 1.19. The third-order valence-electron chi connectivity index (χ3n) is 4.86. The molecule has 1 heterocycles. The lowest BCUT2D eigenvalue weighted by molar-refractivity contribution is -0.126. The van der Waals surface area contributed by atoms with E-state index in [0.29, 0.717) is 30.7 Å². The molecule has 1 saturated heterocycles. The Kier molecular flexibility index (Phi) is 6.31. The van der Waals surface area contributed by atoms with Gasteiger partial charge in [0.05, 0.1) is 17.9 Å². The molecule has 0 spiro atoms. The number of benzene rings is 2. The van der Waals surface area contributed by atoms with Crippen molar-refractivity contribution < 1.29 is 22.3 Å². The highest BCUT2D eigenvalue weighted by Crippen LogP contribution is 2.25. The largest absolute Gasteiger partial charge is 0.497 e. The number of hydrogen-bond donors (Lipinski definition) is 1. The number of hydrogen-bond acceptors (Lipinski definition) is 4. The number of carbonyl (C=O) groups is 1. The van der Waals surface area contributed by atoms with Gasteiger partial charge in [-0.05, 0) is 43.2 Å². The van der Waals surface area contributed by atoms with Crippen molar-refractivity contribution in [3.63, 3.8) is 0 Å². The molecule has 6 nitrogen and oxygen atoms in total. The van der Waals surface area contributed by atoms with Crippen LogP contribution in [-0.4, -0.2) is 38.8 Å². The number of ether oxygens (including phenoxy) is 1. The predicted molar refractivity (Wildman–Crippen MR) is 103 cm³/mol. The minimum absolute atomic E-state index is 0.0766. The first-order chi connectivity index (χ1) is 13.4. The van der Waals surface area contributed by atoms with Gasteiger partial charge in [0.15, 0.2) is 0 Å². The van der Waals surface area contributed by atoms with Gasteiger partial charge in [-0.15, -0.1) is 0 Å². The molecule has 1 aliphatic rings. The molecule has 1 N–H and O–H groups in total. The minimum Gasteiger partial charge on any atom is -0.497 e. The lowest BCUT2D eigenvalue weighted by Crippen LogP contribution is -2.45. The van der Waals surface area contributed by atoms with Crippen LogP contribution in [0.4, 0.5) is 4.39 Å². The van der Waals surface area contributed by atoms with Crippen LogP contribution in [0.15, 0.2) is 53.4 Å². The van der Waals surface area contributed by atoms with Crippen LogP contribution in [0.3, 0.4) is 0 Å². The number of amides is 1. The molecule has 28 heavy (non-hydrogen) atoms. The lowest BCUT2D eigenvalue weighted by atomic mass is 9.98. The van der Waals surface area contributed by atoms with E-state index in [4.69, 9.17) is 4.74 Å². The number of halogens is 1. The molecule has 8 heteroatoms. The Labute approximate surface area is 164 Å². The van der Waals surface area contributed by atoms with Gasteiger partial charge in [-0.2, -0.15) is 4.31 Å².